The number of rotatable bonds is 1. The molecule has 4 heteroatoms. The normalized spacial score (nSPS) is 29.0. The fraction of sp³-hybridized carbons (Fsp3) is 0.500. The van der Waals surface area contributed by atoms with E-state index in [9.17, 15) is 9.59 Å². The van der Waals surface area contributed by atoms with Crippen molar-refractivity contribution in [2.24, 2.45) is 17.3 Å². The molecular formula is C20H24N2O2. The van der Waals surface area contributed by atoms with Gasteiger partial charge in [0.05, 0.1) is 17.5 Å². The van der Waals surface area contributed by atoms with E-state index in [1.807, 2.05) is 30.3 Å². The number of allylic oxidation sites excluding steroid dienone is 2. The number of amides is 2. The Morgan fingerprint density at radius 2 is 1.83 bits per heavy atom. The molecule has 1 aliphatic heterocycles. The van der Waals surface area contributed by atoms with Crippen LogP contribution in [0.25, 0.3) is 0 Å². The van der Waals surface area contributed by atoms with Crippen molar-refractivity contribution in [1.29, 1.82) is 0 Å². The van der Waals surface area contributed by atoms with Gasteiger partial charge in [0, 0.05) is 0 Å². The third kappa shape index (κ3) is 2.36. The molecule has 1 aromatic rings. The fourth-order valence-electron chi connectivity index (χ4n) is 4.66. The maximum atomic E-state index is 13.1. The number of fused-ring (bicyclic) bond motifs is 1. The zero-order chi connectivity index (χ0) is 16.9. The largest absolute Gasteiger partial charge is 0.273 e. The standard InChI is InChI=1S/C20H24N2O2/c1-20(2)10-6-7-13-11-15-16(12-17(13)20)19(24)22(21-18(15)23)14-8-4-3-5-9-14/h3-5,8-9,15-16H,6-7,10-12H2,1-2H3,(H,21,23)/t15-,16+/m0/s1. The Morgan fingerprint density at radius 3 is 2.58 bits per heavy atom. The Kier molecular flexibility index (Phi) is 3.52. The molecule has 0 bridgehead atoms. The van der Waals surface area contributed by atoms with E-state index in [1.165, 1.54) is 29.0 Å². The van der Waals surface area contributed by atoms with Gasteiger partial charge in [0.15, 0.2) is 0 Å². The maximum Gasteiger partial charge on any atom is 0.249 e. The SMILES string of the molecule is CC1(C)CCCC2=C1C[C@H]1C(=O)N(c3ccccc3)NC(=O)[C@H]1C2. The first-order valence-electron chi connectivity index (χ1n) is 8.88. The predicted octanol–water partition coefficient (Wildman–Crippen LogP) is 3.60. The van der Waals surface area contributed by atoms with Crippen LogP contribution in [0.15, 0.2) is 41.5 Å². The maximum absolute atomic E-state index is 13.1. The van der Waals surface area contributed by atoms with Crippen LogP contribution < -0.4 is 10.4 Å². The summed E-state index contributed by atoms with van der Waals surface area (Å²) in [5, 5.41) is 1.45. The molecule has 0 spiro atoms. The van der Waals surface area contributed by atoms with Gasteiger partial charge in [-0.15, -0.1) is 0 Å². The molecule has 0 radical (unpaired) electrons. The lowest BCUT2D eigenvalue weighted by atomic mass is 9.62. The lowest BCUT2D eigenvalue weighted by molar-refractivity contribution is -0.140. The number of hydrogen-bond donors (Lipinski definition) is 1. The van der Waals surface area contributed by atoms with Gasteiger partial charge in [-0.25, -0.2) is 5.01 Å². The molecule has 0 unspecified atom stereocenters. The minimum Gasteiger partial charge on any atom is -0.273 e. The lowest BCUT2D eigenvalue weighted by Gasteiger charge is -2.46. The van der Waals surface area contributed by atoms with Crippen LogP contribution in [0, 0.1) is 17.3 Å². The van der Waals surface area contributed by atoms with E-state index in [1.54, 1.807) is 0 Å². The average Bonchev–Trinajstić information content (AvgIpc) is 2.58. The van der Waals surface area contributed by atoms with Gasteiger partial charge in [-0.1, -0.05) is 43.2 Å². The van der Waals surface area contributed by atoms with Crippen LogP contribution >= 0.6 is 0 Å². The molecule has 24 heavy (non-hydrogen) atoms. The number of anilines is 1. The number of nitrogens with zero attached hydrogens (tertiary/aromatic N) is 1. The zero-order valence-corrected chi connectivity index (χ0v) is 14.3. The van der Waals surface area contributed by atoms with Crippen molar-refractivity contribution in [1.82, 2.24) is 5.43 Å². The first-order chi connectivity index (χ1) is 11.5. The van der Waals surface area contributed by atoms with E-state index in [0.717, 1.165) is 24.9 Å². The molecule has 1 fully saturated rings. The summed E-state index contributed by atoms with van der Waals surface area (Å²) in [5.41, 5.74) is 6.58. The molecule has 0 aromatic heterocycles. The number of carbonyl (C=O) groups is 2. The molecule has 126 valence electrons. The molecule has 2 atom stereocenters. The van der Waals surface area contributed by atoms with Crippen LogP contribution in [0.5, 0.6) is 0 Å². The quantitative estimate of drug-likeness (QED) is 0.803. The third-order valence-corrected chi connectivity index (χ3v) is 6.01. The van der Waals surface area contributed by atoms with Crippen LogP contribution in [0.1, 0.15) is 46.0 Å². The van der Waals surface area contributed by atoms with E-state index in [2.05, 4.69) is 19.3 Å². The van der Waals surface area contributed by atoms with Crippen LogP contribution in [0.4, 0.5) is 5.69 Å². The minimum absolute atomic E-state index is 0.0154. The molecule has 4 nitrogen and oxygen atoms in total. The highest BCUT2D eigenvalue weighted by Gasteiger charge is 2.48. The zero-order valence-electron chi connectivity index (χ0n) is 14.3. The molecule has 1 N–H and O–H groups in total. The summed E-state index contributed by atoms with van der Waals surface area (Å²) in [6.45, 7) is 4.56. The van der Waals surface area contributed by atoms with Gasteiger partial charge >= 0.3 is 0 Å². The Bertz CT molecular complexity index is 720. The average molecular weight is 324 g/mol. The van der Waals surface area contributed by atoms with Gasteiger partial charge in [0.25, 0.3) is 0 Å². The number of hydrazine groups is 1. The summed E-state index contributed by atoms with van der Waals surface area (Å²) < 4.78 is 0. The molecule has 0 saturated carbocycles. The Labute approximate surface area is 142 Å². The highest BCUT2D eigenvalue weighted by Crippen LogP contribution is 2.50. The smallest absolute Gasteiger partial charge is 0.249 e. The highest BCUT2D eigenvalue weighted by molar-refractivity contribution is 6.04. The van der Waals surface area contributed by atoms with Gasteiger partial charge in [0.2, 0.25) is 11.8 Å². The minimum atomic E-state index is -0.227. The summed E-state index contributed by atoms with van der Waals surface area (Å²) in [6.07, 6.45) is 4.94. The topological polar surface area (TPSA) is 49.4 Å². The van der Waals surface area contributed by atoms with Crippen molar-refractivity contribution in [3.8, 4) is 0 Å². The van der Waals surface area contributed by atoms with Crippen LogP contribution in [-0.4, -0.2) is 11.8 Å². The van der Waals surface area contributed by atoms with Gasteiger partial charge < -0.3 is 0 Å². The molecule has 2 aliphatic carbocycles. The van der Waals surface area contributed by atoms with Crippen molar-refractivity contribution in [2.45, 2.75) is 46.0 Å². The van der Waals surface area contributed by atoms with E-state index < -0.39 is 0 Å². The first kappa shape index (κ1) is 15.4. The molecule has 4 rings (SSSR count). The molecule has 2 amide bonds. The number of nitrogens with one attached hydrogen (secondary N) is 1. The van der Waals surface area contributed by atoms with Gasteiger partial charge in [-0.05, 0) is 49.7 Å². The Balaban J connectivity index is 1.68. The van der Waals surface area contributed by atoms with E-state index >= 15 is 0 Å². The lowest BCUT2D eigenvalue weighted by Crippen LogP contribution is -2.60. The van der Waals surface area contributed by atoms with Gasteiger partial charge in [-0.3, -0.25) is 15.0 Å². The van der Waals surface area contributed by atoms with Crippen molar-refractivity contribution < 1.29 is 9.59 Å². The van der Waals surface area contributed by atoms with Gasteiger partial charge in [0.1, 0.15) is 0 Å². The molecule has 3 aliphatic rings. The number of hydrogen-bond acceptors (Lipinski definition) is 2. The van der Waals surface area contributed by atoms with Crippen molar-refractivity contribution in [2.75, 3.05) is 5.01 Å². The molecular weight excluding hydrogens is 300 g/mol. The second-order valence-electron chi connectivity index (χ2n) is 7.93. The van der Waals surface area contributed by atoms with E-state index in [0.29, 0.717) is 0 Å². The second-order valence-corrected chi connectivity index (χ2v) is 7.93. The summed E-state index contributed by atoms with van der Waals surface area (Å²) in [4.78, 5) is 25.7. The van der Waals surface area contributed by atoms with E-state index in [4.69, 9.17) is 0 Å². The Morgan fingerprint density at radius 1 is 1.08 bits per heavy atom. The second kappa shape index (κ2) is 5.47. The van der Waals surface area contributed by atoms with Gasteiger partial charge in [-0.2, -0.15) is 0 Å². The third-order valence-electron chi connectivity index (χ3n) is 6.01. The van der Waals surface area contributed by atoms with Crippen molar-refractivity contribution in [3.63, 3.8) is 0 Å². The van der Waals surface area contributed by atoms with Crippen LogP contribution in [-0.2, 0) is 9.59 Å². The summed E-state index contributed by atoms with van der Waals surface area (Å²) in [7, 11) is 0. The summed E-state index contributed by atoms with van der Waals surface area (Å²) >= 11 is 0. The number of para-hydroxylation sites is 1. The first-order valence-corrected chi connectivity index (χ1v) is 8.88. The summed E-state index contributed by atoms with van der Waals surface area (Å²) in [5.74, 6) is -0.419. The number of carbonyl (C=O) groups excluding carboxylic acids is 2. The summed E-state index contributed by atoms with van der Waals surface area (Å²) in [6, 6.07) is 9.39. The van der Waals surface area contributed by atoms with Crippen LogP contribution in [0.2, 0.25) is 0 Å². The molecule has 1 aromatic carbocycles. The molecule has 1 saturated heterocycles. The van der Waals surface area contributed by atoms with Crippen molar-refractivity contribution in [3.05, 3.63) is 41.5 Å². The van der Waals surface area contributed by atoms with Crippen LogP contribution in [0.3, 0.4) is 0 Å². The van der Waals surface area contributed by atoms with Crippen molar-refractivity contribution >= 4 is 17.5 Å². The monoisotopic (exact) mass is 324 g/mol. The predicted molar refractivity (Wildman–Crippen MR) is 92.9 cm³/mol. The Hall–Kier alpha value is -2.10. The highest BCUT2D eigenvalue weighted by atomic mass is 16.2. The number of benzene rings is 1. The fourth-order valence-corrected chi connectivity index (χ4v) is 4.66. The van der Waals surface area contributed by atoms with E-state index in [-0.39, 0.29) is 29.1 Å². The molecule has 1 heterocycles.